The number of nitrogens with two attached hydrogens (primary N) is 1. The highest BCUT2D eigenvalue weighted by atomic mass is 127. The Morgan fingerprint density at radius 1 is 1.28 bits per heavy atom. The van der Waals surface area contributed by atoms with E-state index < -0.39 is 0 Å². The van der Waals surface area contributed by atoms with Gasteiger partial charge in [-0.3, -0.25) is 0 Å². The highest BCUT2D eigenvalue weighted by molar-refractivity contribution is 14.1. The van der Waals surface area contributed by atoms with Crippen LogP contribution in [0.1, 0.15) is 6.42 Å². The fraction of sp³-hybridized carbons (Fsp3) is 0.267. The molecule has 7 nitrogen and oxygen atoms in total. The smallest absolute Gasteiger partial charge is 0.231 e. The number of hydrogen-bond donors (Lipinski definition) is 1. The zero-order chi connectivity index (χ0) is 17.4. The molecular formula is C15H13BIN5O2S. The van der Waals surface area contributed by atoms with Gasteiger partial charge < -0.3 is 19.8 Å². The minimum absolute atomic E-state index is 0.251. The Labute approximate surface area is 163 Å². The monoisotopic (exact) mass is 465 g/mol. The van der Waals surface area contributed by atoms with Gasteiger partial charge in [-0.25, -0.2) is 15.0 Å². The van der Waals surface area contributed by atoms with E-state index in [2.05, 4.69) is 37.5 Å². The van der Waals surface area contributed by atoms with Crippen LogP contribution in [0.2, 0.25) is 6.32 Å². The molecule has 1 aliphatic heterocycles. The van der Waals surface area contributed by atoms with Crippen LogP contribution in [-0.4, -0.2) is 34.2 Å². The van der Waals surface area contributed by atoms with Crippen LogP contribution in [0.25, 0.3) is 11.2 Å². The number of halogens is 1. The quantitative estimate of drug-likeness (QED) is 0.458. The molecule has 1 aromatic carbocycles. The number of aryl methyl sites for hydroxylation is 1. The van der Waals surface area contributed by atoms with Crippen molar-refractivity contribution >= 4 is 59.2 Å². The van der Waals surface area contributed by atoms with Crippen LogP contribution < -0.4 is 15.2 Å². The maximum absolute atomic E-state index is 5.97. The van der Waals surface area contributed by atoms with Crippen molar-refractivity contribution in [3.8, 4) is 11.5 Å². The number of rotatable bonds is 5. The predicted molar refractivity (Wildman–Crippen MR) is 104 cm³/mol. The summed E-state index contributed by atoms with van der Waals surface area (Å²) in [6.07, 6.45) is 2.87. The molecule has 2 aromatic heterocycles. The number of anilines is 1. The van der Waals surface area contributed by atoms with Crippen LogP contribution >= 0.6 is 34.4 Å². The van der Waals surface area contributed by atoms with E-state index in [0.717, 1.165) is 37.2 Å². The summed E-state index contributed by atoms with van der Waals surface area (Å²) in [6, 6.07) is 3.93. The van der Waals surface area contributed by atoms with Crippen molar-refractivity contribution in [1.29, 1.82) is 0 Å². The Hall–Kier alpha value is -1.69. The van der Waals surface area contributed by atoms with Crippen molar-refractivity contribution in [1.82, 2.24) is 19.5 Å². The van der Waals surface area contributed by atoms with Gasteiger partial charge in [-0.05, 0) is 41.1 Å². The van der Waals surface area contributed by atoms with Crippen LogP contribution in [-0.2, 0) is 6.54 Å². The normalized spacial score (nSPS) is 12.8. The molecule has 2 N–H and O–H groups in total. The number of imidazole rings is 1. The molecule has 0 amide bonds. The molecule has 0 saturated heterocycles. The molecule has 4 rings (SSSR count). The van der Waals surface area contributed by atoms with E-state index in [-0.39, 0.29) is 6.79 Å². The molecule has 0 fully saturated rings. The molecule has 3 heterocycles. The lowest BCUT2D eigenvalue weighted by Gasteiger charge is -2.09. The van der Waals surface area contributed by atoms with Crippen LogP contribution in [0, 0.1) is 3.57 Å². The Morgan fingerprint density at radius 2 is 2.08 bits per heavy atom. The zero-order valence-electron chi connectivity index (χ0n) is 13.1. The summed E-state index contributed by atoms with van der Waals surface area (Å²) in [5.74, 6) is 1.88. The molecule has 25 heavy (non-hydrogen) atoms. The highest BCUT2D eigenvalue weighted by Gasteiger charge is 2.20. The fourth-order valence-corrected chi connectivity index (χ4v) is 4.25. The van der Waals surface area contributed by atoms with Gasteiger partial charge in [-0.1, -0.05) is 18.1 Å². The summed E-state index contributed by atoms with van der Waals surface area (Å²) >= 11 is 3.82. The molecule has 0 bridgehead atoms. The van der Waals surface area contributed by atoms with Gasteiger partial charge >= 0.3 is 0 Å². The van der Waals surface area contributed by atoms with E-state index in [9.17, 15) is 0 Å². The second-order valence-corrected chi connectivity index (χ2v) is 7.53. The van der Waals surface area contributed by atoms with Crippen molar-refractivity contribution in [3.63, 3.8) is 0 Å². The molecule has 0 aliphatic carbocycles. The van der Waals surface area contributed by atoms with Crippen LogP contribution in [0.5, 0.6) is 11.5 Å². The third-order valence-corrected chi connectivity index (χ3v) is 6.05. The third kappa shape index (κ3) is 3.12. The Kier molecular flexibility index (Phi) is 4.63. The van der Waals surface area contributed by atoms with E-state index in [1.165, 1.54) is 18.1 Å². The molecule has 3 aromatic rings. The number of aromatic nitrogens is 4. The standard InChI is InChI=1S/C15H13BIN5O2S/c16-2-1-3-22-14-12(13(18)19-6-20-14)21-15(22)25-11-5-10-9(4-8(11)17)23-7-24-10/h4-6H,1-3,7H2,(H2,18,19,20). The molecule has 0 saturated carbocycles. The van der Waals surface area contributed by atoms with Gasteiger partial charge in [0, 0.05) is 15.0 Å². The third-order valence-electron chi connectivity index (χ3n) is 3.74. The van der Waals surface area contributed by atoms with E-state index in [1.807, 2.05) is 16.7 Å². The number of fused-ring (bicyclic) bond motifs is 2. The Bertz CT molecular complexity index is 951. The summed E-state index contributed by atoms with van der Waals surface area (Å²) in [7, 11) is 5.68. The SMILES string of the molecule is [B]CCCn1c(Sc2cc3c(cc2I)OCO3)nc2c(N)ncnc21. The summed E-state index contributed by atoms with van der Waals surface area (Å²) in [5.41, 5.74) is 7.30. The van der Waals surface area contributed by atoms with Crippen molar-refractivity contribution in [2.45, 2.75) is 29.3 Å². The van der Waals surface area contributed by atoms with Crippen molar-refractivity contribution in [2.75, 3.05) is 12.5 Å². The van der Waals surface area contributed by atoms with E-state index >= 15 is 0 Å². The first kappa shape index (κ1) is 16.8. The van der Waals surface area contributed by atoms with Crippen LogP contribution in [0.15, 0.2) is 28.5 Å². The minimum Gasteiger partial charge on any atom is -0.454 e. The Balaban J connectivity index is 1.77. The molecule has 126 valence electrons. The average molecular weight is 465 g/mol. The topological polar surface area (TPSA) is 88.1 Å². The number of ether oxygens (including phenoxy) is 2. The highest BCUT2D eigenvalue weighted by Crippen LogP contribution is 2.41. The number of benzene rings is 1. The molecule has 2 radical (unpaired) electrons. The summed E-state index contributed by atoms with van der Waals surface area (Å²) in [5, 5.41) is 0.799. The van der Waals surface area contributed by atoms with Gasteiger partial charge in [-0.15, -0.1) is 0 Å². The fourth-order valence-electron chi connectivity index (χ4n) is 2.54. The maximum atomic E-state index is 5.97. The lowest BCUT2D eigenvalue weighted by Crippen LogP contribution is -2.02. The second-order valence-electron chi connectivity index (χ2n) is 5.36. The van der Waals surface area contributed by atoms with Gasteiger partial charge in [0.2, 0.25) is 6.79 Å². The van der Waals surface area contributed by atoms with Gasteiger partial charge in [0.25, 0.3) is 0 Å². The molecule has 10 heteroatoms. The van der Waals surface area contributed by atoms with Crippen molar-refractivity contribution < 1.29 is 9.47 Å². The molecule has 0 atom stereocenters. The minimum atomic E-state index is 0.251. The molecular weight excluding hydrogens is 452 g/mol. The average Bonchev–Trinajstić information content (AvgIpc) is 3.18. The van der Waals surface area contributed by atoms with Crippen molar-refractivity contribution in [2.24, 2.45) is 0 Å². The van der Waals surface area contributed by atoms with E-state index in [4.69, 9.17) is 23.1 Å². The summed E-state index contributed by atoms with van der Waals surface area (Å²) in [4.78, 5) is 14.1. The van der Waals surface area contributed by atoms with Crippen molar-refractivity contribution in [3.05, 3.63) is 22.0 Å². The Morgan fingerprint density at radius 3 is 2.88 bits per heavy atom. The first-order valence-corrected chi connectivity index (χ1v) is 9.50. The van der Waals surface area contributed by atoms with Crippen LogP contribution in [0.4, 0.5) is 5.82 Å². The number of nitrogen functional groups attached to an aromatic ring is 1. The van der Waals surface area contributed by atoms with Crippen LogP contribution in [0.3, 0.4) is 0 Å². The maximum Gasteiger partial charge on any atom is 0.231 e. The molecule has 0 spiro atoms. The van der Waals surface area contributed by atoms with Gasteiger partial charge in [0.15, 0.2) is 33.6 Å². The first-order chi connectivity index (χ1) is 12.2. The zero-order valence-corrected chi connectivity index (χ0v) is 16.1. The summed E-state index contributed by atoms with van der Waals surface area (Å²) < 4.78 is 14.0. The molecule has 0 unspecified atom stereocenters. The summed E-state index contributed by atoms with van der Waals surface area (Å²) in [6.45, 7) is 0.966. The number of nitrogens with zero attached hydrogens (tertiary/aromatic N) is 4. The first-order valence-electron chi connectivity index (χ1n) is 7.61. The van der Waals surface area contributed by atoms with Gasteiger partial charge in [-0.2, -0.15) is 0 Å². The van der Waals surface area contributed by atoms with E-state index in [1.54, 1.807) is 0 Å². The lowest BCUT2D eigenvalue weighted by molar-refractivity contribution is 0.174. The largest absolute Gasteiger partial charge is 0.454 e. The molecule has 1 aliphatic rings. The second kappa shape index (κ2) is 6.91. The number of hydrogen-bond acceptors (Lipinski definition) is 7. The predicted octanol–water partition coefficient (Wildman–Crippen LogP) is 2.87. The van der Waals surface area contributed by atoms with Gasteiger partial charge in [0.1, 0.15) is 6.33 Å². The van der Waals surface area contributed by atoms with Gasteiger partial charge in [0.05, 0.1) is 7.85 Å². The van der Waals surface area contributed by atoms with E-state index in [0.29, 0.717) is 24.2 Å². The lowest BCUT2D eigenvalue weighted by atomic mass is 10.0.